The lowest BCUT2D eigenvalue weighted by Crippen LogP contribution is -2.33. The van der Waals surface area contributed by atoms with Crippen molar-refractivity contribution in [2.24, 2.45) is 5.92 Å². The van der Waals surface area contributed by atoms with Crippen LogP contribution in [0, 0.1) is 5.92 Å². The molecule has 1 fully saturated rings. The van der Waals surface area contributed by atoms with Crippen molar-refractivity contribution < 1.29 is 18.3 Å². The predicted molar refractivity (Wildman–Crippen MR) is 86.0 cm³/mol. The number of allylic oxidation sites excluding steroid dienone is 3. The molecule has 0 N–H and O–H groups in total. The molecule has 1 spiro atoms. The number of ether oxygens (including phenoxy) is 1. The molecule has 1 saturated heterocycles. The summed E-state index contributed by atoms with van der Waals surface area (Å²) in [7, 11) is -0.551. The van der Waals surface area contributed by atoms with Gasteiger partial charge in [-0.3, -0.25) is 4.57 Å². The Morgan fingerprint density at radius 3 is 2.60 bits per heavy atom. The summed E-state index contributed by atoms with van der Waals surface area (Å²) in [6.45, 7) is 1.99. The quantitative estimate of drug-likeness (QED) is 0.558. The van der Waals surface area contributed by atoms with Crippen molar-refractivity contribution in [2.75, 3.05) is 25.7 Å². The number of hydrogen-bond donors (Lipinski definition) is 0. The van der Waals surface area contributed by atoms with Gasteiger partial charge in [0.25, 0.3) is 0 Å². The molecule has 0 aliphatic carbocycles. The van der Waals surface area contributed by atoms with Crippen LogP contribution in [0.3, 0.4) is 0 Å². The maximum Gasteiger partial charge on any atom is 0.394 e. The summed E-state index contributed by atoms with van der Waals surface area (Å²) in [5.41, 5.74) is 0.346. The SMILES string of the molecule is C/C=C/C1C=C(P(=O)(OC)OC)OC2(C1)SCCCS2. The Bertz CT molecular complexity index is 436. The minimum Gasteiger partial charge on any atom is -0.459 e. The topological polar surface area (TPSA) is 44.8 Å². The van der Waals surface area contributed by atoms with Crippen LogP contribution in [0.1, 0.15) is 19.8 Å². The molecule has 2 aliphatic rings. The van der Waals surface area contributed by atoms with E-state index in [1.165, 1.54) is 20.6 Å². The molecule has 7 heteroatoms. The lowest BCUT2D eigenvalue weighted by atomic mass is 10.0. The number of thioether (sulfide) groups is 2. The lowest BCUT2D eigenvalue weighted by Gasteiger charge is -2.41. The molecule has 0 amide bonds. The summed E-state index contributed by atoms with van der Waals surface area (Å²) >= 11 is 3.58. The Morgan fingerprint density at radius 2 is 2.05 bits per heavy atom. The van der Waals surface area contributed by atoms with Gasteiger partial charge >= 0.3 is 7.60 Å². The second-order valence-corrected chi connectivity index (χ2v) is 9.73. The van der Waals surface area contributed by atoms with E-state index in [2.05, 4.69) is 6.08 Å². The number of rotatable bonds is 4. The van der Waals surface area contributed by atoms with E-state index in [-0.39, 0.29) is 10.2 Å². The molecule has 0 saturated carbocycles. The van der Waals surface area contributed by atoms with Gasteiger partial charge < -0.3 is 13.8 Å². The second-order valence-electron chi connectivity index (χ2n) is 4.60. The van der Waals surface area contributed by atoms with Crippen LogP contribution in [0.15, 0.2) is 23.7 Å². The Labute approximate surface area is 129 Å². The molecule has 2 heterocycles. The fourth-order valence-corrected chi connectivity index (χ4v) is 6.68. The minimum atomic E-state index is -3.33. The van der Waals surface area contributed by atoms with Gasteiger partial charge in [-0.1, -0.05) is 12.2 Å². The first kappa shape index (κ1) is 16.5. The maximum absolute atomic E-state index is 12.6. The third kappa shape index (κ3) is 3.47. The summed E-state index contributed by atoms with van der Waals surface area (Å²) in [5, 5.41) is 0. The van der Waals surface area contributed by atoms with E-state index in [1.807, 2.05) is 19.1 Å². The van der Waals surface area contributed by atoms with Crippen LogP contribution in [0.4, 0.5) is 0 Å². The smallest absolute Gasteiger partial charge is 0.394 e. The molecule has 1 atom stereocenters. The van der Waals surface area contributed by atoms with E-state index < -0.39 is 7.60 Å². The molecule has 0 aromatic heterocycles. The molecule has 1 unspecified atom stereocenters. The average Bonchev–Trinajstić information content (AvgIpc) is 2.47. The van der Waals surface area contributed by atoms with Crippen molar-refractivity contribution in [1.82, 2.24) is 0 Å². The van der Waals surface area contributed by atoms with E-state index in [0.29, 0.717) is 5.50 Å². The first-order valence-corrected chi connectivity index (χ1v) is 10.1. The fraction of sp³-hybridized carbons (Fsp3) is 0.692. The first-order valence-electron chi connectivity index (χ1n) is 6.61. The van der Waals surface area contributed by atoms with Crippen LogP contribution < -0.4 is 0 Å². The molecule has 0 bridgehead atoms. The van der Waals surface area contributed by atoms with Crippen LogP contribution in [0.25, 0.3) is 0 Å². The highest BCUT2D eigenvalue weighted by Crippen LogP contribution is 2.62. The Morgan fingerprint density at radius 1 is 1.40 bits per heavy atom. The Hall–Kier alpha value is 0.130. The van der Waals surface area contributed by atoms with Crippen LogP contribution >= 0.6 is 31.1 Å². The molecule has 0 aromatic rings. The molecular formula is C13H21O4PS2. The van der Waals surface area contributed by atoms with Gasteiger partial charge in [0.1, 0.15) is 0 Å². The Balaban J connectivity index is 2.32. The summed E-state index contributed by atoms with van der Waals surface area (Å²) in [5.74, 6) is 2.32. The van der Waals surface area contributed by atoms with E-state index in [4.69, 9.17) is 13.8 Å². The normalized spacial score (nSPS) is 26.6. The van der Waals surface area contributed by atoms with Crippen LogP contribution in [-0.2, 0) is 18.3 Å². The largest absolute Gasteiger partial charge is 0.459 e. The maximum atomic E-state index is 12.6. The van der Waals surface area contributed by atoms with Gasteiger partial charge in [-0.05, 0) is 30.9 Å². The first-order chi connectivity index (χ1) is 9.57. The van der Waals surface area contributed by atoms with Crippen molar-refractivity contribution in [1.29, 1.82) is 0 Å². The van der Waals surface area contributed by atoms with Crippen molar-refractivity contribution >= 4 is 31.1 Å². The molecule has 114 valence electrons. The van der Waals surface area contributed by atoms with Crippen LogP contribution in [0.5, 0.6) is 0 Å². The lowest BCUT2D eigenvalue weighted by molar-refractivity contribution is 0.128. The van der Waals surface area contributed by atoms with Crippen molar-refractivity contribution in [3.8, 4) is 0 Å². The van der Waals surface area contributed by atoms with Crippen molar-refractivity contribution in [3.05, 3.63) is 23.7 Å². The van der Waals surface area contributed by atoms with Crippen molar-refractivity contribution in [3.63, 3.8) is 0 Å². The Kier molecular flexibility index (Phi) is 5.71. The summed E-state index contributed by atoms with van der Waals surface area (Å²) in [4.78, 5) is 0. The standard InChI is InChI=1S/C13H21O4PS2/c1-4-6-11-9-12(18(14,15-2)16-3)17-13(10-11)19-7-5-8-20-13/h4,6,9,11H,5,7-8,10H2,1-3H3/b6-4+. The van der Waals surface area contributed by atoms with E-state index in [9.17, 15) is 4.57 Å². The molecule has 0 radical (unpaired) electrons. The summed E-state index contributed by atoms with van der Waals surface area (Å²) in [6.07, 6.45) is 8.05. The highest BCUT2D eigenvalue weighted by atomic mass is 32.2. The zero-order valence-corrected chi connectivity index (χ0v) is 14.6. The molecule has 2 aliphatic heterocycles. The zero-order chi connectivity index (χ0) is 14.6. The molecule has 2 rings (SSSR count). The summed E-state index contributed by atoms with van der Waals surface area (Å²) < 4.78 is 28.5. The van der Waals surface area contributed by atoms with E-state index in [1.54, 1.807) is 23.5 Å². The van der Waals surface area contributed by atoms with E-state index in [0.717, 1.165) is 17.9 Å². The van der Waals surface area contributed by atoms with Gasteiger partial charge in [0.2, 0.25) is 9.77 Å². The molecule has 4 nitrogen and oxygen atoms in total. The van der Waals surface area contributed by atoms with Gasteiger partial charge in [-0.25, -0.2) is 0 Å². The van der Waals surface area contributed by atoms with Gasteiger partial charge in [-0.15, -0.1) is 23.5 Å². The van der Waals surface area contributed by atoms with Gasteiger partial charge in [0.05, 0.1) is 0 Å². The van der Waals surface area contributed by atoms with Gasteiger partial charge in [0.15, 0.2) is 0 Å². The second kappa shape index (κ2) is 6.93. The van der Waals surface area contributed by atoms with Crippen LogP contribution in [0.2, 0.25) is 0 Å². The average molecular weight is 336 g/mol. The molecule has 0 aromatic carbocycles. The van der Waals surface area contributed by atoms with Gasteiger partial charge in [-0.2, -0.15) is 0 Å². The van der Waals surface area contributed by atoms with Crippen molar-refractivity contribution in [2.45, 2.75) is 24.0 Å². The van der Waals surface area contributed by atoms with Crippen LogP contribution in [-0.4, -0.2) is 30.0 Å². The van der Waals surface area contributed by atoms with E-state index >= 15 is 0 Å². The zero-order valence-electron chi connectivity index (χ0n) is 12.0. The highest BCUT2D eigenvalue weighted by Gasteiger charge is 2.46. The third-order valence-corrected chi connectivity index (χ3v) is 8.04. The molecule has 20 heavy (non-hydrogen) atoms. The third-order valence-electron chi connectivity index (χ3n) is 3.23. The molecular weight excluding hydrogens is 315 g/mol. The monoisotopic (exact) mass is 336 g/mol. The fourth-order valence-electron chi connectivity index (χ4n) is 2.27. The summed E-state index contributed by atoms with van der Waals surface area (Å²) in [6, 6.07) is 0. The number of hydrogen-bond acceptors (Lipinski definition) is 6. The minimum absolute atomic E-state index is 0.195. The van der Waals surface area contributed by atoms with Gasteiger partial charge in [0, 0.05) is 26.6 Å². The highest BCUT2D eigenvalue weighted by molar-refractivity contribution is 8.18. The predicted octanol–water partition coefficient (Wildman–Crippen LogP) is 4.45.